The molecule has 2 aromatic rings. The first-order valence-electron chi connectivity index (χ1n) is 4.86. The summed E-state index contributed by atoms with van der Waals surface area (Å²) in [6.07, 6.45) is 4.54. The summed E-state index contributed by atoms with van der Waals surface area (Å²) in [7, 11) is 2.11. The van der Waals surface area contributed by atoms with Gasteiger partial charge in [0.1, 0.15) is 5.65 Å². The van der Waals surface area contributed by atoms with Crippen LogP contribution in [0.3, 0.4) is 0 Å². The van der Waals surface area contributed by atoms with Crippen molar-refractivity contribution in [1.82, 2.24) is 9.55 Å². The third-order valence-corrected chi connectivity index (χ3v) is 3.30. The first-order valence-corrected chi connectivity index (χ1v) is 5.66. The molecule has 14 heavy (non-hydrogen) atoms. The Morgan fingerprint density at radius 3 is 2.93 bits per heavy atom. The SMILES string of the molecule is Cn1c(C2CC2)cc2cc(Br)cnc21. The second-order valence-corrected chi connectivity index (χ2v) is 4.88. The molecule has 0 spiro atoms. The van der Waals surface area contributed by atoms with Gasteiger partial charge in [-0.1, -0.05) is 0 Å². The van der Waals surface area contributed by atoms with Crippen molar-refractivity contribution in [2.45, 2.75) is 18.8 Å². The van der Waals surface area contributed by atoms with E-state index in [0.29, 0.717) is 0 Å². The molecule has 1 aliphatic carbocycles. The van der Waals surface area contributed by atoms with E-state index in [0.717, 1.165) is 16.0 Å². The van der Waals surface area contributed by atoms with Gasteiger partial charge < -0.3 is 4.57 Å². The average Bonchev–Trinajstić information content (AvgIpc) is 2.93. The molecule has 0 radical (unpaired) electrons. The molecule has 1 aliphatic rings. The first-order chi connectivity index (χ1) is 6.75. The van der Waals surface area contributed by atoms with Crippen molar-refractivity contribution < 1.29 is 0 Å². The normalized spacial score (nSPS) is 16.4. The maximum Gasteiger partial charge on any atom is 0.139 e. The molecule has 0 unspecified atom stereocenters. The van der Waals surface area contributed by atoms with Crippen LogP contribution in [0.5, 0.6) is 0 Å². The largest absolute Gasteiger partial charge is 0.332 e. The number of aryl methyl sites for hydroxylation is 1. The molecule has 0 aliphatic heterocycles. The topological polar surface area (TPSA) is 17.8 Å². The van der Waals surface area contributed by atoms with Crippen molar-refractivity contribution in [3.8, 4) is 0 Å². The van der Waals surface area contributed by atoms with E-state index in [-0.39, 0.29) is 0 Å². The summed E-state index contributed by atoms with van der Waals surface area (Å²) in [5, 5.41) is 1.24. The van der Waals surface area contributed by atoms with E-state index < -0.39 is 0 Å². The van der Waals surface area contributed by atoms with E-state index in [1.54, 1.807) is 0 Å². The predicted octanol–water partition coefficient (Wildman–Crippen LogP) is 3.21. The van der Waals surface area contributed by atoms with E-state index >= 15 is 0 Å². The lowest BCUT2D eigenvalue weighted by Gasteiger charge is -2.00. The van der Waals surface area contributed by atoms with Crippen molar-refractivity contribution in [2.75, 3.05) is 0 Å². The Hall–Kier alpha value is -0.830. The molecule has 1 saturated carbocycles. The van der Waals surface area contributed by atoms with Crippen molar-refractivity contribution in [3.05, 3.63) is 28.5 Å². The molecular formula is C11H11BrN2. The summed E-state index contributed by atoms with van der Waals surface area (Å²) < 4.78 is 3.28. The summed E-state index contributed by atoms with van der Waals surface area (Å²) in [4.78, 5) is 4.43. The lowest BCUT2D eigenvalue weighted by molar-refractivity contribution is 0.846. The van der Waals surface area contributed by atoms with Crippen LogP contribution >= 0.6 is 15.9 Å². The minimum atomic E-state index is 0.785. The summed E-state index contributed by atoms with van der Waals surface area (Å²) in [5.41, 5.74) is 2.53. The second-order valence-electron chi connectivity index (χ2n) is 3.97. The van der Waals surface area contributed by atoms with E-state index in [2.05, 4.69) is 44.7 Å². The van der Waals surface area contributed by atoms with E-state index in [1.165, 1.54) is 23.9 Å². The molecule has 72 valence electrons. The van der Waals surface area contributed by atoms with Gasteiger partial charge in [-0.25, -0.2) is 4.98 Å². The zero-order valence-corrected chi connectivity index (χ0v) is 9.58. The Balaban J connectivity index is 2.28. The molecule has 2 heterocycles. The summed E-state index contributed by atoms with van der Waals surface area (Å²) >= 11 is 3.45. The zero-order valence-electron chi connectivity index (χ0n) is 8.00. The van der Waals surface area contributed by atoms with Gasteiger partial charge in [-0.3, -0.25) is 0 Å². The molecule has 0 saturated heterocycles. The molecule has 3 rings (SSSR count). The predicted molar refractivity (Wildman–Crippen MR) is 60.4 cm³/mol. The second kappa shape index (κ2) is 2.83. The van der Waals surface area contributed by atoms with Gasteiger partial charge in [0.2, 0.25) is 0 Å². The van der Waals surface area contributed by atoms with Gasteiger partial charge in [0.15, 0.2) is 0 Å². The van der Waals surface area contributed by atoms with Crippen LogP contribution in [0.1, 0.15) is 24.5 Å². The van der Waals surface area contributed by atoms with Gasteiger partial charge in [0.05, 0.1) is 0 Å². The van der Waals surface area contributed by atoms with Crippen molar-refractivity contribution in [1.29, 1.82) is 0 Å². The molecule has 1 fully saturated rings. The highest BCUT2D eigenvalue weighted by Crippen LogP contribution is 2.41. The van der Waals surface area contributed by atoms with Gasteiger partial charge in [0.25, 0.3) is 0 Å². The van der Waals surface area contributed by atoms with Gasteiger partial charge in [-0.15, -0.1) is 0 Å². The maximum absolute atomic E-state index is 4.43. The standard InChI is InChI=1S/C11H11BrN2/c1-14-10(7-2-3-7)5-8-4-9(12)6-13-11(8)14/h4-7H,2-3H2,1H3. The highest BCUT2D eigenvalue weighted by molar-refractivity contribution is 9.10. The molecule has 2 aromatic heterocycles. The fraction of sp³-hybridized carbons (Fsp3) is 0.364. The molecule has 0 amide bonds. The van der Waals surface area contributed by atoms with Crippen molar-refractivity contribution in [2.24, 2.45) is 7.05 Å². The van der Waals surface area contributed by atoms with Crippen molar-refractivity contribution in [3.63, 3.8) is 0 Å². The fourth-order valence-electron chi connectivity index (χ4n) is 1.98. The van der Waals surface area contributed by atoms with Gasteiger partial charge in [0, 0.05) is 28.8 Å². The van der Waals surface area contributed by atoms with Crippen LogP contribution in [0.25, 0.3) is 11.0 Å². The Morgan fingerprint density at radius 2 is 2.21 bits per heavy atom. The molecule has 0 bridgehead atoms. The van der Waals surface area contributed by atoms with Crippen LogP contribution in [-0.4, -0.2) is 9.55 Å². The van der Waals surface area contributed by atoms with Gasteiger partial charge >= 0.3 is 0 Å². The monoisotopic (exact) mass is 250 g/mol. The highest BCUT2D eigenvalue weighted by atomic mass is 79.9. The van der Waals surface area contributed by atoms with Crippen molar-refractivity contribution >= 4 is 27.0 Å². The Bertz CT molecular complexity index is 497. The molecule has 3 heteroatoms. The number of rotatable bonds is 1. The van der Waals surface area contributed by atoms with Crippen LogP contribution in [-0.2, 0) is 7.05 Å². The lowest BCUT2D eigenvalue weighted by atomic mass is 10.2. The minimum absolute atomic E-state index is 0.785. The number of hydrogen-bond donors (Lipinski definition) is 0. The Morgan fingerprint density at radius 1 is 1.43 bits per heavy atom. The third-order valence-electron chi connectivity index (χ3n) is 2.87. The molecule has 2 nitrogen and oxygen atoms in total. The van der Waals surface area contributed by atoms with Crippen LogP contribution in [0, 0.1) is 0 Å². The minimum Gasteiger partial charge on any atom is -0.332 e. The molecular weight excluding hydrogens is 240 g/mol. The van der Waals surface area contributed by atoms with Crippen LogP contribution in [0.15, 0.2) is 22.8 Å². The summed E-state index contributed by atoms with van der Waals surface area (Å²) in [5.74, 6) is 0.785. The summed E-state index contributed by atoms with van der Waals surface area (Å²) in [6.45, 7) is 0. The average molecular weight is 251 g/mol. The number of fused-ring (bicyclic) bond motifs is 1. The van der Waals surface area contributed by atoms with Gasteiger partial charge in [-0.2, -0.15) is 0 Å². The Kier molecular flexibility index (Phi) is 1.71. The number of halogens is 1. The third kappa shape index (κ3) is 1.19. The number of aromatic nitrogens is 2. The molecule has 0 N–H and O–H groups in total. The molecule has 0 aromatic carbocycles. The van der Waals surface area contributed by atoms with Crippen LogP contribution in [0.4, 0.5) is 0 Å². The number of hydrogen-bond acceptors (Lipinski definition) is 1. The van der Waals surface area contributed by atoms with Crippen LogP contribution in [0.2, 0.25) is 0 Å². The van der Waals surface area contributed by atoms with E-state index in [4.69, 9.17) is 0 Å². The maximum atomic E-state index is 4.43. The number of pyridine rings is 1. The Labute approximate surface area is 91.1 Å². The molecule has 0 atom stereocenters. The van der Waals surface area contributed by atoms with E-state index in [1.807, 2.05) is 6.20 Å². The lowest BCUT2D eigenvalue weighted by Crippen LogP contribution is -1.94. The fourth-order valence-corrected chi connectivity index (χ4v) is 2.33. The smallest absolute Gasteiger partial charge is 0.139 e. The van der Waals surface area contributed by atoms with Gasteiger partial charge in [-0.05, 0) is 46.8 Å². The zero-order chi connectivity index (χ0) is 9.71. The first kappa shape index (κ1) is 8.48. The van der Waals surface area contributed by atoms with E-state index in [9.17, 15) is 0 Å². The quantitative estimate of drug-likeness (QED) is 0.760. The highest BCUT2D eigenvalue weighted by Gasteiger charge is 2.27. The van der Waals surface area contributed by atoms with Crippen LogP contribution < -0.4 is 0 Å². The summed E-state index contributed by atoms with van der Waals surface area (Å²) in [6, 6.07) is 4.40. The number of nitrogens with zero attached hydrogens (tertiary/aromatic N) is 2.